The van der Waals surface area contributed by atoms with Gasteiger partial charge in [0.15, 0.2) is 11.6 Å². The van der Waals surface area contributed by atoms with E-state index < -0.39 is 17.4 Å². The zero-order valence-corrected chi connectivity index (χ0v) is 28.3. The van der Waals surface area contributed by atoms with Crippen LogP contribution in [0.3, 0.4) is 0 Å². The third-order valence-corrected chi connectivity index (χ3v) is 8.61. The van der Waals surface area contributed by atoms with Gasteiger partial charge in [0.1, 0.15) is 11.5 Å². The summed E-state index contributed by atoms with van der Waals surface area (Å²) in [5.74, 6) is -0.209. The molecule has 0 unspecified atom stereocenters. The van der Waals surface area contributed by atoms with Crippen molar-refractivity contribution in [1.82, 2.24) is 19.4 Å². The molecule has 0 bridgehead atoms. The lowest BCUT2D eigenvalue weighted by atomic mass is 9.87. The fraction of sp³-hybridized carbons (Fsp3) is 0.444. The summed E-state index contributed by atoms with van der Waals surface area (Å²) in [6.07, 6.45) is 3.05. The molecule has 1 aromatic carbocycles. The molecule has 4 aromatic rings. The second-order valence-corrected chi connectivity index (χ2v) is 13.3. The summed E-state index contributed by atoms with van der Waals surface area (Å²) >= 11 is 0. The van der Waals surface area contributed by atoms with Crippen LogP contribution in [-0.2, 0) is 29.5 Å². The molecule has 5 heterocycles. The molecule has 0 atom stereocenters. The minimum absolute atomic E-state index is 0.0781. The number of rotatable bonds is 5. The maximum Gasteiger partial charge on any atom is 0.307 e. The molecule has 2 aliphatic heterocycles. The summed E-state index contributed by atoms with van der Waals surface area (Å²) < 4.78 is 23.1. The van der Waals surface area contributed by atoms with E-state index in [1.54, 1.807) is 33.9 Å². The highest BCUT2D eigenvalue weighted by molar-refractivity contribution is 6.01. The summed E-state index contributed by atoms with van der Waals surface area (Å²) in [6.45, 7) is 13.8. The van der Waals surface area contributed by atoms with E-state index >= 15 is 4.39 Å². The summed E-state index contributed by atoms with van der Waals surface area (Å²) in [5, 5.41) is 19.1. The zero-order valence-electron chi connectivity index (χ0n) is 28.3. The molecule has 3 aromatic heterocycles. The third kappa shape index (κ3) is 7.25. The standard InChI is InChI=1S/C32H34FN5O4.C4H10O/c1-18-22-6-5-13-42-31(22)26(33)15-23(18)30-24(17-29(40)41)19(2)35-32-25(30)16-27(36(32)4)21-7-8-34-28(14-21)38-11-9-37(10-12-38)20(3)39;1-4(2,3)5/h7-8,14-16H,5-6,9-13,17H2,1-4H3,(H,40,41);5H,1-3H3. The van der Waals surface area contributed by atoms with Crippen molar-refractivity contribution >= 4 is 28.7 Å². The minimum Gasteiger partial charge on any atom is -0.490 e. The number of hydrogen-bond acceptors (Lipinski definition) is 7. The topological polar surface area (TPSA) is 121 Å². The summed E-state index contributed by atoms with van der Waals surface area (Å²) in [7, 11) is 1.94. The van der Waals surface area contributed by atoms with Crippen LogP contribution in [0.15, 0.2) is 30.5 Å². The van der Waals surface area contributed by atoms with Crippen LogP contribution in [0.4, 0.5) is 10.2 Å². The smallest absolute Gasteiger partial charge is 0.307 e. The lowest BCUT2D eigenvalue weighted by Crippen LogP contribution is -2.48. The van der Waals surface area contributed by atoms with Gasteiger partial charge >= 0.3 is 5.97 Å². The van der Waals surface area contributed by atoms with Crippen molar-refractivity contribution in [3.63, 3.8) is 0 Å². The Hall–Kier alpha value is -4.51. The number of anilines is 1. The van der Waals surface area contributed by atoms with Gasteiger partial charge in [-0.05, 0) is 94.0 Å². The molecule has 6 rings (SSSR count). The molecule has 1 amide bonds. The highest BCUT2D eigenvalue weighted by atomic mass is 19.1. The quantitative estimate of drug-likeness (QED) is 0.294. The second kappa shape index (κ2) is 13.3. The number of carbonyl (C=O) groups excluding carboxylic acids is 1. The number of halogens is 1. The van der Waals surface area contributed by atoms with E-state index in [4.69, 9.17) is 14.8 Å². The monoisotopic (exact) mass is 645 g/mol. The van der Waals surface area contributed by atoms with Gasteiger partial charge in [0.2, 0.25) is 5.91 Å². The highest BCUT2D eigenvalue weighted by Gasteiger charge is 2.27. The average molecular weight is 646 g/mol. The Balaban J connectivity index is 0.000000807. The number of carboxylic acids is 1. The first kappa shape index (κ1) is 33.8. The lowest BCUT2D eigenvalue weighted by molar-refractivity contribution is -0.136. The summed E-state index contributed by atoms with van der Waals surface area (Å²) in [5.41, 5.74) is 6.27. The molecule has 10 nitrogen and oxygen atoms in total. The summed E-state index contributed by atoms with van der Waals surface area (Å²) in [6, 6.07) is 7.47. The molecule has 1 fully saturated rings. The number of aliphatic hydroxyl groups is 1. The lowest BCUT2D eigenvalue weighted by Gasteiger charge is -2.35. The number of carbonyl (C=O) groups is 2. The van der Waals surface area contributed by atoms with Gasteiger partial charge in [0.05, 0.1) is 24.3 Å². The molecule has 0 aliphatic carbocycles. The van der Waals surface area contributed by atoms with Crippen LogP contribution in [-0.4, -0.2) is 79.9 Å². The molecular weight excluding hydrogens is 601 g/mol. The number of amides is 1. The first-order valence-corrected chi connectivity index (χ1v) is 16.0. The number of carboxylic acid groups (broad SMARTS) is 1. The number of ether oxygens (including phenoxy) is 1. The van der Waals surface area contributed by atoms with Crippen LogP contribution < -0.4 is 9.64 Å². The van der Waals surface area contributed by atoms with E-state index in [-0.39, 0.29) is 12.3 Å². The van der Waals surface area contributed by atoms with Crippen LogP contribution in [0.1, 0.15) is 56.5 Å². The van der Waals surface area contributed by atoms with Gasteiger partial charge in [0.25, 0.3) is 0 Å². The largest absolute Gasteiger partial charge is 0.490 e. The maximum atomic E-state index is 15.4. The number of fused-ring (bicyclic) bond motifs is 2. The van der Waals surface area contributed by atoms with Gasteiger partial charge in [-0.15, -0.1) is 0 Å². The van der Waals surface area contributed by atoms with Crippen molar-refractivity contribution in [3.8, 4) is 28.1 Å². The van der Waals surface area contributed by atoms with Crippen LogP contribution in [0.2, 0.25) is 0 Å². The highest BCUT2D eigenvalue weighted by Crippen LogP contribution is 2.43. The van der Waals surface area contributed by atoms with Crippen molar-refractivity contribution in [1.29, 1.82) is 0 Å². The molecule has 250 valence electrons. The van der Waals surface area contributed by atoms with E-state index in [0.29, 0.717) is 73.0 Å². The number of nitrogens with zero attached hydrogens (tertiary/aromatic N) is 5. The van der Waals surface area contributed by atoms with E-state index in [1.807, 2.05) is 48.6 Å². The number of hydrogen-bond donors (Lipinski definition) is 2. The number of aliphatic carboxylic acids is 1. The second-order valence-electron chi connectivity index (χ2n) is 13.3. The van der Waals surface area contributed by atoms with Crippen molar-refractivity contribution in [2.45, 2.75) is 66.4 Å². The fourth-order valence-electron chi connectivity index (χ4n) is 6.35. The van der Waals surface area contributed by atoms with Crippen molar-refractivity contribution < 1.29 is 28.9 Å². The van der Waals surface area contributed by atoms with Crippen LogP contribution in [0.25, 0.3) is 33.4 Å². The molecule has 0 radical (unpaired) electrons. The van der Waals surface area contributed by atoms with Crippen molar-refractivity contribution in [2.75, 3.05) is 37.7 Å². The Kier molecular flexibility index (Phi) is 9.58. The predicted octanol–water partition coefficient (Wildman–Crippen LogP) is 5.46. The number of aryl methyl sites for hydroxylation is 2. The van der Waals surface area contributed by atoms with E-state index in [0.717, 1.165) is 40.0 Å². The van der Waals surface area contributed by atoms with Crippen LogP contribution in [0.5, 0.6) is 5.75 Å². The zero-order chi connectivity index (χ0) is 34.2. The first-order chi connectivity index (χ1) is 22.1. The average Bonchev–Trinajstić information content (AvgIpc) is 3.34. The van der Waals surface area contributed by atoms with Gasteiger partial charge in [0, 0.05) is 68.6 Å². The molecule has 2 aliphatic rings. The molecular formula is C36H44FN5O5. The fourth-order valence-corrected chi connectivity index (χ4v) is 6.35. The number of pyridine rings is 2. The Morgan fingerprint density at radius 2 is 1.77 bits per heavy atom. The van der Waals surface area contributed by atoms with E-state index in [1.165, 1.54) is 6.07 Å². The number of piperazine rings is 1. The van der Waals surface area contributed by atoms with Gasteiger partial charge in [-0.1, -0.05) is 0 Å². The Labute approximate surface area is 274 Å². The SMILES string of the molecule is CC(=O)N1CCN(c2cc(-c3cc4c(-c5cc(F)c6c(c5C)CCCO6)c(CC(=O)O)c(C)nc4n3C)ccn2)CC1.CC(C)(C)O. The molecule has 2 N–H and O–H groups in total. The Bertz CT molecular complexity index is 1830. The van der Waals surface area contributed by atoms with Crippen LogP contribution >= 0.6 is 0 Å². The Morgan fingerprint density at radius 1 is 1.09 bits per heavy atom. The van der Waals surface area contributed by atoms with Gasteiger partial charge in [-0.2, -0.15) is 0 Å². The van der Waals surface area contributed by atoms with Gasteiger partial charge in [-0.3, -0.25) is 9.59 Å². The maximum absolute atomic E-state index is 15.4. The number of benzene rings is 1. The normalized spacial score (nSPS) is 14.7. The van der Waals surface area contributed by atoms with Crippen molar-refractivity contribution in [2.24, 2.45) is 7.05 Å². The molecule has 0 spiro atoms. The van der Waals surface area contributed by atoms with Crippen molar-refractivity contribution in [3.05, 3.63) is 58.7 Å². The Morgan fingerprint density at radius 3 is 2.40 bits per heavy atom. The predicted molar refractivity (Wildman–Crippen MR) is 180 cm³/mol. The van der Waals surface area contributed by atoms with Gasteiger partial charge in [-0.25, -0.2) is 14.4 Å². The molecule has 0 saturated carbocycles. The molecule has 1 saturated heterocycles. The van der Waals surface area contributed by atoms with Crippen LogP contribution in [0, 0.1) is 19.7 Å². The third-order valence-electron chi connectivity index (χ3n) is 8.61. The van der Waals surface area contributed by atoms with E-state index in [2.05, 4.69) is 9.88 Å². The van der Waals surface area contributed by atoms with E-state index in [9.17, 15) is 14.7 Å². The molecule has 11 heteroatoms. The first-order valence-electron chi connectivity index (χ1n) is 16.0. The summed E-state index contributed by atoms with van der Waals surface area (Å²) in [4.78, 5) is 37.3. The molecule has 47 heavy (non-hydrogen) atoms. The van der Waals surface area contributed by atoms with Gasteiger partial charge < -0.3 is 29.3 Å². The minimum atomic E-state index is -0.972. The number of aromatic nitrogens is 3.